The highest BCUT2D eigenvalue weighted by Gasteiger charge is 2.24. The van der Waals surface area contributed by atoms with Gasteiger partial charge in [0.25, 0.3) is 5.91 Å². The molecule has 1 atom stereocenters. The van der Waals surface area contributed by atoms with Gasteiger partial charge in [-0.15, -0.1) is 0 Å². The number of rotatable bonds is 6. The van der Waals surface area contributed by atoms with Crippen molar-refractivity contribution in [2.75, 3.05) is 43.6 Å². The normalized spacial score (nSPS) is 15.8. The molecule has 0 bridgehead atoms. The van der Waals surface area contributed by atoms with Gasteiger partial charge in [-0.3, -0.25) is 4.79 Å². The van der Waals surface area contributed by atoms with Gasteiger partial charge in [-0.25, -0.2) is 18.7 Å². The molecule has 0 aliphatic carbocycles. The number of halogens is 3. The van der Waals surface area contributed by atoms with E-state index in [1.807, 2.05) is 4.90 Å². The Hall–Kier alpha value is -3.34. The lowest BCUT2D eigenvalue weighted by atomic mass is 10.1. The molecular weight excluding hydrogens is 468 g/mol. The van der Waals surface area contributed by atoms with Crippen molar-refractivity contribution in [3.8, 4) is 17.1 Å². The van der Waals surface area contributed by atoms with E-state index in [4.69, 9.17) is 16.3 Å². The summed E-state index contributed by atoms with van der Waals surface area (Å²) in [6.45, 7) is 1.52. The number of hydrogen-bond donors (Lipinski definition) is 3. The van der Waals surface area contributed by atoms with Gasteiger partial charge in [0.15, 0.2) is 5.82 Å². The van der Waals surface area contributed by atoms with Gasteiger partial charge in [-0.2, -0.15) is 0 Å². The van der Waals surface area contributed by atoms with Crippen LogP contribution in [0.25, 0.3) is 11.4 Å². The second kappa shape index (κ2) is 10.3. The van der Waals surface area contributed by atoms with Crippen LogP contribution in [0.3, 0.4) is 0 Å². The number of nitrogens with one attached hydrogen (secondary N) is 2. The minimum atomic E-state index is -0.700. The molecule has 0 saturated carbocycles. The molecule has 4 rings (SSSR count). The molecule has 2 aromatic carbocycles. The number of benzene rings is 2. The maximum Gasteiger partial charge on any atom is 0.274 e. The fourth-order valence-electron chi connectivity index (χ4n) is 3.75. The second-order valence-electron chi connectivity index (χ2n) is 7.60. The van der Waals surface area contributed by atoms with Crippen molar-refractivity contribution in [3.05, 3.63) is 64.9 Å². The van der Waals surface area contributed by atoms with Crippen molar-refractivity contribution in [1.29, 1.82) is 0 Å². The molecule has 1 saturated heterocycles. The zero-order valence-corrected chi connectivity index (χ0v) is 18.9. The van der Waals surface area contributed by atoms with Crippen molar-refractivity contribution in [3.63, 3.8) is 0 Å². The lowest BCUT2D eigenvalue weighted by Crippen LogP contribution is -2.52. The number of piperazine rings is 1. The van der Waals surface area contributed by atoms with Crippen LogP contribution < -0.4 is 20.3 Å². The fraction of sp³-hybridized carbons (Fsp3) is 0.261. The molecule has 1 amide bonds. The number of aliphatic hydroxyl groups is 1. The first kappa shape index (κ1) is 23.8. The van der Waals surface area contributed by atoms with Crippen LogP contribution in [0.15, 0.2) is 42.6 Å². The van der Waals surface area contributed by atoms with Crippen LogP contribution in [0.5, 0.6) is 5.75 Å². The predicted octanol–water partition coefficient (Wildman–Crippen LogP) is 3.11. The smallest absolute Gasteiger partial charge is 0.274 e. The van der Waals surface area contributed by atoms with Gasteiger partial charge in [-0.1, -0.05) is 17.7 Å². The van der Waals surface area contributed by atoms with E-state index in [1.165, 1.54) is 37.6 Å². The Labute approximate surface area is 199 Å². The Balaban J connectivity index is 1.65. The molecule has 178 valence electrons. The molecule has 1 fully saturated rings. The third-order valence-corrected chi connectivity index (χ3v) is 5.70. The van der Waals surface area contributed by atoms with Gasteiger partial charge in [0.2, 0.25) is 0 Å². The number of carbonyl (C=O) groups is 1. The Morgan fingerprint density at radius 2 is 2.15 bits per heavy atom. The summed E-state index contributed by atoms with van der Waals surface area (Å²) in [5, 5.41) is 15.2. The summed E-state index contributed by atoms with van der Waals surface area (Å²) in [7, 11) is 1.39. The van der Waals surface area contributed by atoms with Crippen molar-refractivity contribution in [2.24, 2.45) is 0 Å². The average molecular weight is 490 g/mol. The van der Waals surface area contributed by atoms with E-state index in [0.29, 0.717) is 25.3 Å². The molecule has 0 unspecified atom stereocenters. The fourth-order valence-corrected chi connectivity index (χ4v) is 3.91. The minimum absolute atomic E-state index is 0.0220. The number of hydrogen-bond acceptors (Lipinski definition) is 7. The number of aliphatic hydroxyl groups excluding tert-OH is 1. The number of methoxy groups -OCH3 is 1. The number of anilines is 2. The zero-order chi connectivity index (χ0) is 24.2. The van der Waals surface area contributed by atoms with Crippen molar-refractivity contribution < 1.29 is 23.4 Å². The molecule has 11 heteroatoms. The van der Waals surface area contributed by atoms with Crippen LogP contribution in [-0.4, -0.2) is 60.4 Å². The first-order chi connectivity index (χ1) is 16.4. The van der Waals surface area contributed by atoms with E-state index in [9.17, 15) is 18.7 Å². The summed E-state index contributed by atoms with van der Waals surface area (Å²) in [6, 6.07) is 8.04. The largest absolute Gasteiger partial charge is 0.496 e. The van der Waals surface area contributed by atoms with Crippen molar-refractivity contribution in [1.82, 2.24) is 15.3 Å². The van der Waals surface area contributed by atoms with E-state index in [-0.39, 0.29) is 46.2 Å². The third-order valence-electron chi connectivity index (χ3n) is 5.41. The lowest BCUT2D eigenvalue weighted by Gasteiger charge is -2.35. The Kier molecular flexibility index (Phi) is 7.20. The molecule has 8 nitrogen and oxygen atoms in total. The maximum absolute atomic E-state index is 14.5. The van der Waals surface area contributed by atoms with Crippen LogP contribution in [0.4, 0.5) is 20.2 Å². The van der Waals surface area contributed by atoms with Gasteiger partial charge in [0.05, 0.1) is 35.7 Å². The summed E-state index contributed by atoms with van der Waals surface area (Å²) in [5.74, 6) is -1.75. The van der Waals surface area contributed by atoms with Crippen LogP contribution in [-0.2, 0) is 0 Å². The number of aromatic nitrogens is 2. The topological polar surface area (TPSA) is 99.6 Å². The monoisotopic (exact) mass is 489 g/mol. The average Bonchev–Trinajstić information content (AvgIpc) is 2.86. The Bertz CT molecular complexity index is 1210. The Morgan fingerprint density at radius 1 is 1.32 bits per heavy atom. The van der Waals surface area contributed by atoms with Crippen LogP contribution in [0.1, 0.15) is 10.5 Å². The Morgan fingerprint density at radius 3 is 2.91 bits per heavy atom. The van der Waals surface area contributed by atoms with Crippen molar-refractivity contribution >= 4 is 28.9 Å². The van der Waals surface area contributed by atoms with Crippen LogP contribution in [0, 0.1) is 11.6 Å². The molecule has 3 aromatic rings. The second-order valence-corrected chi connectivity index (χ2v) is 8.01. The van der Waals surface area contributed by atoms with E-state index >= 15 is 0 Å². The SMILES string of the molecule is COc1cccc(F)c1-c1nccc(C(=O)Nc2cc(F)c(Cl)cc2N2CCN[C@H](CO)C2)n1. The van der Waals surface area contributed by atoms with E-state index in [2.05, 4.69) is 20.6 Å². The molecule has 34 heavy (non-hydrogen) atoms. The van der Waals surface area contributed by atoms with E-state index in [1.54, 1.807) is 6.07 Å². The number of amides is 1. The summed E-state index contributed by atoms with van der Waals surface area (Å²) < 4.78 is 34.0. The first-order valence-electron chi connectivity index (χ1n) is 10.5. The maximum atomic E-state index is 14.5. The summed E-state index contributed by atoms with van der Waals surface area (Å²) in [5.41, 5.74) is 0.665. The highest BCUT2D eigenvalue weighted by molar-refractivity contribution is 6.31. The van der Waals surface area contributed by atoms with Crippen LogP contribution in [0.2, 0.25) is 5.02 Å². The summed E-state index contributed by atoms with van der Waals surface area (Å²) >= 11 is 6.01. The third kappa shape index (κ3) is 4.93. The van der Waals surface area contributed by atoms with Crippen LogP contribution >= 0.6 is 11.6 Å². The minimum Gasteiger partial charge on any atom is -0.496 e. The molecule has 1 aliphatic heterocycles. The van der Waals surface area contributed by atoms with Gasteiger partial charge in [0.1, 0.15) is 23.1 Å². The molecule has 1 aromatic heterocycles. The number of nitrogens with zero attached hydrogens (tertiary/aromatic N) is 3. The predicted molar refractivity (Wildman–Crippen MR) is 124 cm³/mol. The molecule has 2 heterocycles. The highest BCUT2D eigenvalue weighted by Crippen LogP contribution is 2.33. The first-order valence-corrected chi connectivity index (χ1v) is 10.8. The molecular formula is C23H22ClF2N5O3. The molecule has 0 radical (unpaired) electrons. The van der Waals surface area contributed by atoms with Gasteiger partial charge in [0, 0.05) is 37.9 Å². The van der Waals surface area contributed by atoms with E-state index in [0.717, 1.165) is 6.07 Å². The van der Waals surface area contributed by atoms with Crippen molar-refractivity contribution in [2.45, 2.75) is 6.04 Å². The summed E-state index contributed by atoms with van der Waals surface area (Å²) in [4.78, 5) is 23.2. The van der Waals surface area contributed by atoms with E-state index < -0.39 is 17.5 Å². The number of ether oxygens (including phenoxy) is 1. The molecule has 1 aliphatic rings. The number of carbonyl (C=O) groups excluding carboxylic acids is 1. The van der Waals surface area contributed by atoms with Gasteiger partial charge >= 0.3 is 0 Å². The summed E-state index contributed by atoms with van der Waals surface area (Å²) in [6.07, 6.45) is 1.33. The lowest BCUT2D eigenvalue weighted by molar-refractivity contribution is 0.102. The molecule has 0 spiro atoms. The highest BCUT2D eigenvalue weighted by atomic mass is 35.5. The van der Waals surface area contributed by atoms with Gasteiger partial charge < -0.3 is 25.4 Å². The standard InChI is InChI=1S/C23H22ClF2N5O3/c1-34-20-4-2-3-15(25)21(20)22-28-6-5-17(29-22)23(33)30-18-10-16(26)14(24)9-19(18)31-8-7-27-13(11-31)12-32/h2-6,9-10,13,27,32H,7-8,11-12H2,1H3,(H,30,33)/t13-/m0/s1. The zero-order valence-electron chi connectivity index (χ0n) is 18.2. The quantitative estimate of drug-likeness (QED) is 0.489. The van der Waals surface area contributed by atoms with Gasteiger partial charge in [-0.05, 0) is 24.3 Å². The molecule has 3 N–H and O–H groups in total.